The van der Waals surface area contributed by atoms with Crippen LogP contribution in [0.3, 0.4) is 0 Å². The average molecular weight is 351 g/mol. The highest BCUT2D eigenvalue weighted by atomic mass is 16.5. The fourth-order valence-corrected chi connectivity index (χ4v) is 3.27. The Labute approximate surface area is 157 Å². The second-order valence-corrected chi connectivity index (χ2v) is 7.41. The Morgan fingerprint density at radius 3 is 2.19 bits per heavy atom. The van der Waals surface area contributed by atoms with E-state index in [0.717, 1.165) is 11.1 Å². The Balaban J connectivity index is 1.96. The van der Waals surface area contributed by atoms with Crippen molar-refractivity contribution in [3.63, 3.8) is 0 Å². The largest absolute Gasteiger partial charge is 0.377 e. The van der Waals surface area contributed by atoms with Gasteiger partial charge in [-0.3, -0.25) is 9.69 Å². The minimum absolute atomic E-state index is 0.129. The summed E-state index contributed by atoms with van der Waals surface area (Å²) in [5.74, 6) is 0.129. The highest BCUT2D eigenvalue weighted by molar-refractivity contribution is 6.00. The number of hydrogen-bond acceptors (Lipinski definition) is 3. The van der Waals surface area contributed by atoms with E-state index in [2.05, 4.69) is 26.0 Å². The lowest BCUT2D eigenvalue weighted by Gasteiger charge is -2.37. The molecule has 0 aliphatic rings. The van der Waals surface area contributed by atoms with Gasteiger partial charge in [0.1, 0.15) is 0 Å². The van der Waals surface area contributed by atoms with Crippen LogP contribution in [0, 0.1) is 5.41 Å². The third-order valence-electron chi connectivity index (χ3n) is 4.36. The van der Waals surface area contributed by atoms with Crippen LogP contribution in [0.1, 0.15) is 29.8 Å². The lowest BCUT2D eigenvalue weighted by molar-refractivity contribution is 0.0249. The number of carbonyl (C=O) groups is 1. The third kappa shape index (κ3) is 5.65. The molecule has 2 aromatic rings. The molecule has 1 unspecified atom stereocenters. The first-order chi connectivity index (χ1) is 12.4. The molecular formula is C23H29NO2. The lowest BCUT2D eigenvalue weighted by atomic mass is 9.80. The lowest BCUT2D eigenvalue weighted by Crippen LogP contribution is -2.49. The number of ether oxygens (including phenoxy) is 1. The molecule has 0 radical (unpaired) electrons. The second kappa shape index (κ2) is 9.46. The number of ketones is 1. The highest BCUT2D eigenvalue weighted by Crippen LogP contribution is 2.27. The molecule has 0 saturated heterocycles. The predicted molar refractivity (Wildman–Crippen MR) is 108 cm³/mol. The minimum atomic E-state index is -0.309. The van der Waals surface area contributed by atoms with Crippen molar-refractivity contribution in [3.05, 3.63) is 77.9 Å². The van der Waals surface area contributed by atoms with E-state index in [0.29, 0.717) is 13.2 Å². The van der Waals surface area contributed by atoms with Crippen LogP contribution in [0.15, 0.2) is 66.7 Å². The summed E-state index contributed by atoms with van der Waals surface area (Å²) in [5.41, 5.74) is 1.58. The standard InChI is InChI=1S/C23H29NO2/c1-23(2,18-26-17-11-14-19-12-7-5-8-13-19)22(24(3)4)21(25)20-15-9-6-10-16-20/h5-16,22H,17-18H2,1-4H3/b14-11+. The summed E-state index contributed by atoms with van der Waals surface area (Å²) in [4.78, 5) is 15.0. The topological polar surface area (TPSA) is 29.5 Å². The van der Waals surface area contributed by atoms with Gasteiger partial charge in [0.05, 0.1) is 19.3 Å². The Morgan fingerprint density at radius 2 is 1.62 bits per heavy atom. The molecule has 2 rings (SSSR count). The summed E-state index contributed by atoms with van der Waals surface area (Å²) >= 11 is 0. The zero-order chi connectivity index (χ0) is 19.0. The van der Waals surface area contributed by atoms with Crippen molar-refractivity contribution in [2.75, 3.05) is 27.3 Å². The molecule has 0 aromatic heterocycles. The Morgan fingerprint density at radius 1 is 1.04 bits per heavy atom. The second-order valence-electron chi connectivity index (χ2n) is 7.41. The Hall–Kier alpha value is -2.23. The maximum Gasteiger partial charge on any atom is 0.180 e. The van der Waals surface area contributed by atoms with Crippen molar-refractivity contribution in [3.8, 4) is 0 Å². The van der Waals surface area contributed by atoms with Gasteiger partial charge in [0, 0.05) is 11.0 Å². The van der Waals surface area contributed by atoms with E-state index in [1.807, 2.05) is 79.7 Å². The molecule has 1 atom stereocenters. The zero-order valence-corrected chi connectivity index (χ0v) is 16.2. The molecule has 0 bridgehead atoms. The molecule has 0 N–H and O–H groups in total. The predicted octanol–water partition coefficient (Wildman–Crippen LogP) is 4.56. The van der Waals surface area contributed by atoms with E-state index < -0.39 is 0 Å². The average Bonchev–Trinajstić information content (AvgIpc) is 2.62. The SMILES string of the molecule is CN(C)C(C(=O)c1ccccc1)C(C)(C)COC/C=C/c1ccccc1. The highest BCUT2D eigenvalue weighted by Gasteiger charge is 2.37. The van der Waals surface area contributed by atoms with Crippen LogP contribution in [0.4, 0.5) is 0 Å². The number of hydrogen-bond donors (Lipinski definition) is 0. The zero-order valence-electron chi connectivity index (χ0n) is 16.2. The van der Waals surface area contributed by atoms with Gasteiger partial charge < -0.3 is 4.74 Å². The van der Waals surface area contributed by atoms with Crippen LogP contribution >= 0.6 is 0 Å². The maximum atomic E-state index is 13.0. The number of benzene rings is 2. The summed E-state index contributed by atoms with van der Waals surface area (Å²) < 4.78 is 5.87. The smallest absolute Gasteiger partial charge is 0.180 e. The van der Waals surface area contributed by atoms with Gasteiger partial charge in [0.25, 0.3) is 0 Å². The van der Waals surface area contributed by atoms with Gasteiger partial charge in [0.2, 0.25) is 0 Å². The summed E-state index contributed by atoms with van der Waals surface area (Å²) in [7, 11) is 3.89. The van der Waals surface area contributed by atoms with Gasteiger partial charge in [-0.05, 0) is 19.7 Å². The van der Waals surface area contributed by atoms with Crippen molar-refractivity contribution in [2.24, 2.45) is 5.41 Å². The molecule has 0 spiro atoms. The van der Waals surface area contributed by atoms with Crippen molar-refractivity contribution < 1.29 is 9.53 Å². The molecule has 0 fully saturated rings. The van der Waals surface area contributed by atoms with Gasteiger partial charge in [-0.15, -0.1) is 0 Å². The van der Waals surface area contributed by atoms with E-state index in [4.69, 9.17) is 4.74 Å². The minimum Gasteiger partial charge on any atom is -0.377 e. The Bertz CT molecular complexity index is 706. The monoisotopic (exact) mass is 351 g/mol. The number of Topliss-reactive ketones (excluding diaryl/α,β-unsaturated/α-hetero) is 1. The maximum absolute atomic E-state index is 13.0. The van der Waals surface area contributed by atoms with Crippen molar-refractivity contribution in [2.45, 2.75) is 19.9 Å². The molecule has 26 heavy (non-hydrogen) atoms. The van der Waals surface area contributed by atoms with Gasteiger partial charge in [-0.1, -0.05) is 86.7 Å². The molecule has 0 saturated carbocycles. The molecule has 2 aromatic carbocycles. The molecule has 0 heterocycles. The first-order valence-electron chi connectivity index (χ1n) is 8.97. The van der Waals surface area contributed by atoms with E-state index in [-0.39, 0.29) is 17.2 Å². The van der Waals surface area contributed by atoms with E-state index in [9.17, 15) is 4.79 Å². The van der Waals surface area contributed by atoms with Crippen LogP contribution < -0.4 is 0 Å². The van der Waals surface area contributed by atoms with Crippen molar-refractivity contribution >= 4 is 11.9 Å². The number of carbonyl (C=O) groups excluding carboxylic acids is 1. The molecule has 0 amide bonds. The fraction of sp³-hybridized carbons (Fsp3) is 0.348. The number of nitrogens with zero attached hydrogens (tertiary/aromatic N) is 1. The Kier molecular flexibility index (Phi) is 7.31. The van der Waals surface area contributed by atoms with Crippen molar-refractivity contribution in [1.29, 1.82) is 0 Å². The first-order valence-corrected chi connectivity index (χ1v) is 8.97. The van der Waals surface area contributed by atoms with Crippen LogP contribution in [-0.4, -0.2) is 44.0 Å². The fourth-order valence-electron chi connectivity index (χ4n) is 3.27. The number of rotatable bonds is 9. The summed E-state index contributed by atoms with van der Waals surface area (Å²) in [6.07, 6.45) is 4.06. The summed E-state index contributed by atoms with van der Waals surface area (Å²) in [5, 5.41) is 0. The first kappa shape index (κ1) is 20.1. The third-order valence-corrected chi connectivity index (χ3v) is 4.36. The van der Waals surface area contributed by atoms with E-state index in [1.54, 1.807) is 0 Å². The molecule has 0 aliphatic carbocycles. The van der Waals surface area contributed by atoms with Crippen LogP contribution in [0.2, 0.25) is 0 Å². The van der Waals surface area contributed by atoms with Crippen LogP contribution in [0.5, 0.6) is 0 Å². The van der Waals surface area contributed by atoms with E-state index >= 15 is 0 Å². The van der Waals surface area contributed by atoms with Crippen LogP contribution in [-0.2, 0) is 4.74 Å². The van der Waals surface area contributed by atoms with Gasteiger partial charge in [0.15, 0.2) is 5.78 Å². The van der Waals surface area contributed by atoms with E-state index in [1.165, 1.54) is 0 Å². The molecular weight excluding hydrogens is 322 g/mol. The summed E-state index contributed by atoms with van der Waals surface area (Å²) in [6, 6.07) is 19.4. The molecule has 138 valence electrons. The molecule has 3 nitrogen and oxygen atoms in total. The molecule has 3 heteroatoms. The summed E-state index contributed by atoms with van der Waals surface area (Å²) in [6.45, 7) is 5.20. The normalized spacial score (nSPS) is 13.3. The van der Waals surface area contributed by atoms with Crippen molar-refractivity contribution in [1.82, 2.24) is 4.90 Å². The van der Waals surface area contributed by atoms with Gasteiger partial charge in [-0.2, -0.15) is 0 Å². The molecule has 0 aliphatic heterocycles. The number of likely N-dealkylation sites (N-methyl/N-ethyl adjacent to an activating group) is 1. The quantitative estimate of drug-likeness (QED) is 0.490. The van der Waals surface area contributed by atoms with Gasteiger partial charge in [-0.25, -0.2) is 0 Å². The van der Waals surface area contributed by atoms with Crippen LogP contribution in [0.25, 0.3) is 6.08 Å². The van der Waals surface area contributed by atoms with Gasteiger partial charge >= 0.3 is 0 Å².